The van der Waals surface area contributed by atoms with Gasteiger partial charge >= 0.3 is 0 Å². The first-order valence-electron chi connectivity index (χ1n) is 5.50. The van der Waals surface area contributed by atoms with E-state index in [-0.39, 0.29) is 18.2 Å². The number of hydrogen-bond acceptors (Lipinski definition) is 3. The first-order chi connectivity index (χ1) is 7.90. The first-order valence-corrected chi connectivity index (χ1v) is 5.88. The highest BCUT2D eigenvalue weighted by molar-refractivity contribution is 6.30. The zero-order valence-corrected chi connectivity index (χ0v) is 11.0. The minimum absolute atomic E-state index is 0.0610. The molecule has 1 aromatic heterocycles. The number of aliphatic hydroxyl groups excluding tert-OH is 1. The molecule has 0 saturated heterocycles. The molecule has 17 heavy (non-hydrogen) atoms. The number of hydrogen-bond donors (Lipinski definition) is 2. The van der Waals surface area contributed by atoms with Crippen molar-refractivity contribution in [3.63, 3.8) is 0 Å². The van der Waals surface area contributed by atoms with E-state index < -0.39 is 6.10 Å². The van der Waals surface area contributed by atoms with Crippen molar-refractivity contribution >= 4 is 23.2 Å². The molecule has 1 aromatic rings. The zero-order chi connectivity index (χ0) is 13.0. The van der Waals surface area contributed by atoms with Crippen LogP contribution in [0.25, 0.3) is 0 Å². The third-order valence-electron chi connectivity index (χ3n) is 2.46. The summed E-state index contributed by atoms with van der Waals surface area (Å²) in [7, 11) is 0. The number of carbonyl (C=O) groups is 1. The molecule has 0 aliphatic heterocycles. The molecule has 1 heterocycles. The summed E-state index contributed by atoms with van der Waals surface area (Å²) in [6, 6.07) is 1.75. The van der Waals surface area contributed by atoms with Crippen molar-refractivity contribution in [1.82, 2.24) is 4.98 Å². The van der Waals surface area contributed by atoms with Crippen LogP contribution in [-0.4, -0.2) is 22.1 Å². The standard InChI is InChI=1S/C12H17ClN2O2/c1-7(2)10(16)5-11(17)15-9-4-8(3)12(13)14-6-9/h4,6-7,10,16H,5H2,1-3H3,(H,15,17). The van der Waals surface area contributed by atoms with Gasteiger partial charge < -0.3 is 10.4 Å². The van der Waals surface area contributed by atoms with Crippen molar-refractivity contribution < 1.29 is 9.90 Å². The number of amides is 1. The third-order valence-corrected chi connectivity index (χ3v) is 2.86. The van der Waals surface area contributed by atoms with E-state index >= 15 is 0 Å². The number of aliphatic hydroxyl groups is 1. The monoisotopic (exact) mass is 256 g/mol. The Morgan fingerprint density at radius 1 is 1.59 bits per heavy atom. The largest absolute Gasteiger partial charge is 0.392 e. The van der Waals surface area contributed by atoms with Gasteiger partial charge in [0.2, 0.25) is 5.91 Å². The lowest BCUT2D eigenvalue weighted by molar-refractivity contribution is -0.118. The fraction of sp³-hybridized carbons (Fsp3) is 0.500. The quantitative estimate of drug-likeness (QED) is 0.813. The second-order valence-electron chi connectivity index (χ2n) is 4.40. The third kappa shape index (κ3) is 4.32. The predicted octanol–water partition coefficient (Wildman–Crippen LogP) is 2.39. The Morgan fingerprint density at radius 3 is 2.76 bits per heavy atom. The molecule has 0 radical (unpaired) electrons. The molecule has 4 nitrogen and oxygen atoms in total. The second-order valence-corrected chi connectivity index (χ2v) is 4.75. The predicted molar refractivity (Wildman–Crippen MR) is 68.1 cm³/mol. The molecule has 0 fully saturated rings. The van der Waals surface area contributed by atoms with Gasteiger partial charge in [-0.05, 0) is 24.5 Å². The molecule has 0 saturated carbocycles. The molecule has 2 N–H and O–H groups in total. The fourth-order valence-corrected chi connectivity index (χ4v) is 1.37. The zero-order valence-electron chi connectivity index (χ0n) is 10.2. The van der Waals surface area contributed by atoms with Crippen molar-refractivity contribution in [2.24, 2.45) is 5.92 Å². The van der Waals surface area contributed by atoms with Crippen LogP contribution >= 0.6 is 11.6 Å². The van der Waals surface area contributed by atoms with Gasteiger partial charge in [-0.15, -0.1) is 0 Å². The highest BCUT2D eigenvalue weighted by atomic mass is 35.5. The van der Waals surface area contributed by atoms with Gasteiger partial charge in [0.15, 0.2) is 0 Å². The van der Waals surface area contributed by atoms with Gasteiger partial charge in [-0.25, -0.2) is 4.98 Å². The van der Waals surface area contributed by atoms with Crippen LogP contribution in [0.1, 0.15) is 25.8 Å². The Morgan fingerprint density at radius 2 is 2.24 bits per heavy atom. The summed E-state index contributed by atoms with van der Waals surface area (Å²) >= 11 is 5.78. The number of anilines is 1. The van der Waals surface area contributed by atoms with Crippen LogP contribution < -0.4 is 5.32 Å². The number of carbonyl (C=O) groups excluding carboxylic acids is 1. The van der Waals surface area contributed by atoms with Crippen molar-refractivity contribution in [2.45, 2.75) is 33.3 Å². The number of aryl methyl sites for hydroxylation is 1. The van der Waals surface area contributed by atoms with E-state index in [1.54, 1.807) is 6.07 Å². The van der Waals surface area contributed by atoms with E-state index in [4.69, 9.17) is 11.6 Å². The minimum Gasteiger partial charge on any atom is -0.392 e. The van der Waals surface area contributed by atoms with E-state index in [0.29, 0.717) is 10.8 Å². The van der Waals surface area contributed by atoms with Crippen LogP contribution in [0.15, 0.2) is 12.3 Å². The summed E-state index contributed by atoms with van der Waals surface area (Å²) in [5.41, 5.74) is 1.39. The van der Waals surface area contributed by atoms with E-state index in [1.807, 2.05) is 20.8 Å². The molecule has 1 unspecified atom stereocenters. The summed E-state index contributed by atoms with van der Waals surface area (Å²) < 4.78 is 0. The Hall–Kier alpha value is -1.13. The molecule has 1 rings (SSSR count). The van der Waals surface area contributed by atoms with Crippen LogP contribution in [0, 0.1) is 12.8 Å². The average molecular weight is 257 g/mol. The topological polar surface area (TPSA) is 62.2 Å². The highest BCUT2D eigenvalue weighted by Gasteiger charge is 2.14. The van der Waals surface area contributed by atoms with E-state index in [1.165, 1.54) is 6.20 Å². The number of halogens is 1. The molecule has 0 spiro atoms. The number of aromatic nitrogens is 1. The normalized spacial score (nSPS) is 12.6. The summed E-state index contributed by atoms with van der Waals surface area (Å²) in [4.78, 5) is 15.5. The lowest BCUT2D eigenvalue weighted by Gasteiger charge is -2.14. The van der Waals surface area contributed by atoms with Crippen LogP contribution in [0.3, 0.4) is 0 Å². The summed E-state index contributed by atoms with van der Waals surface area (Å²) in [5, 5.41) is 12.7. The summed E-state index contributed by atoms with van der Waals surface area (Å²) in [5.74, 6) is -0.166. The van der Waals surface area contributed by atoms with Crippen molar-refractivity contribution in [1.29, 1.82) is 0 Å². The SMILES string of the molecule is Cc1cc(NC(=O)CC(O)C(C)C)cnc1Cl. The van der Waals surface area contributed by atoms with Crippen LogP contribution in [0.5, 0.6) is 0 Å². The molecule has 0 aliphatic carbocycles. The Labute approximate surface area is 106 Å². The van der Waals surface area contributed by atoms with Crippen molar-refractivity contribution in [3.05, 3.63) is 23.0 Å². The van der Waals surface area contributed by atoms with E-state index in [0.717, 1.165) is 5.56 Å². The maximum atomic E-state index is 11.6. The van der Waals surface area contributed by atoms with Gasteiger partial charge in [0, 0.05) is 0 Å². The van der Waals surface area contributed by atoms with Gasteiger partial charge in [-0.3, -0.25) is 4.79 Å². The molecular formula is C12H17ClN2O2. The maximum absolute atomic E-state index is 11.6. The summed E-state index contributed by atoms with van der Waals surface area (Å²) in [6.07, 6.45) is 0.949. The highest BCUT2D eigenvalue weighted by Crippen LogP contribution is 2.16. The number of pyridine rings is 1. The molecule has 0 bridgehead atoms. The van der Waals surface area contributed by atoms with Crippen LogP contribution in [0.2, 0.25) is 5.15 Å². The second kappa shape index (κ2) is 5.98. The maximum Gasteiger partial charge on any atom is 0.227 e. The number of nitrogens with one attached hydrogen (secondary N) is 1. The van der Waals surface area contributed by atoms with E-state index in [2.05, 4.69) is 10.3 Å². The molecule has 1 atom stereocenters. The fourth-order valence-electron chi connectivity index (χ4n) is 1.26. The summed E-state index contributed by atoms with van der Waals surface area (Å²) in [6.45, 7) is 5.55. The minimum atomic E-state index is -0.628. The Bertz CT molecular complexity index is 407. The number of rotatable bonds is 4. The molecule has 94 valence electrons. The molecule has 0 aromatic carbocycles. The van der Waals surface area contributed by atoms with Crippen LogP contribution in [0.4, 0.5) is 5.69 Å². The lowest BCUT2D eigenvalue weighted by atomic mass is 10.0. The van der Waals surface area contributed by atoms with Gasteiger partial charge in [-0.1, -0.05) is 25.4 Å². The molecule has 5 heteroatoms. The van der Waals surface area contributed by atoms with Crippen molar-refractivity contribution in [2.75, 3.05) is 5.32 Å². The average Bonchev–Trinajstić information content (AvgIpc) is 2.23. The lowest BCUT2D eigenvalue weighted by Crippen LogP contribution is -2.23. The van der Waals surface area contributed by atoms with Gasteiger partial charge in [0.1, 0.15) is 5.15 Å². The molecule has 1 amide bonds. The Kier molecular flexibility index (Phi) is 4.90. The smallest absolute Gasteiger partial charge is 0.227 e. The molecule has 0 aliphatic rings. The van der Waals surface area contributed by atoms with Gasteiger partial charge in [0.25, 0.3) is 0 Å². The Balaban J connectivity index is 2.59. The van der Waals surface area contributed by atoms with Gasteiger partial charge in [0.05, 0.1) is 24.4 Å². The van der Waals surface area contributed by atoms with Crippen LogP contribution in [-0.2, 0) is 4.79 Å². The molecular weight excluding hydrogens is 240 g/mol. The number of nitrogens with zero attached hydrogens (tertiary/aromatic N) is 1. The van der Waals surface area contributed by atoms with Crippen molar-refractivity contribution in [3.8, 4) is 0 Å². The van der Waals surface area contributed by atoms with E-state index in [9.17, 15) is 9.90 Å². The van der Waals surface area contributed by atoms with Gasteiger partial charge in [-0.2, -0.15) is 0 Å². The first kappa shape index (κ1) is 13.9.